The van der Waals surface area contributed by atoms with E-state index >= 15 is 0 Å². The molecule has 0 bridgehead atoms. The minimum absolute atomic E-state index is 0.0765. The van der Waals surface area contributed by atoms with Crippen molar-refractivity contribution in [1.29, 1.82) is 0 Å². The average Bonchev–Trinajstić information content (AvgIpc) is 2.28. The summed E-state index contributed by atoms with van der Waals surface area (Å²) in [7, 11) is 0. The van der Waals surface area contributed by atoms with Crippen LogP contribution in [0.25, 0.3) is 0 Å². The first kappa shape index (κ1) is 16.0. The van der Waals surface area contributed by atoms with Crippen LogP contribution in [-0.2, 0) is 4.74 Å². The maximum Gasteiger partial charge on any atom is 0.411 e. The van der Waals surface area contributed by atoms with E-state index < -0.39 is 12.8 Å². The first-order chi connectivity index (χ1) is 8.79. The topological polar surface area (TPSA) is 47.3 Å². The van der Waals surface area contributed by atoms with E-state index in [1.807, 2.05) is 0 Å². The average molecular weight is 313 g/mol. The molecular weight excluding hydrogens is 301 g/mol. The third kappa shape index (κ3) is 6.09. The molecular formula is C11H12ClF3N2OS. The van der Waals surface area contributed by atoms with Crippen molar-refractivity contribution in [2.45, 2.75) is 6.18 Å². The number of halogens is 4. The summed E-state index contributed by atoms with van der Waals surface area (Å²) in [5, 5.41) is 3.25. The zero-order chi connectivity index (χ0) is 14.5. The van der Waals surface area contributed by atoms with Gasteiger partial charge in [-0.3, -0.25) is 0 Å². The number of hydrogen-bond acceptors (Lipinski definition) is 3. The number of thiocarbonyl (C=S) groups is 1. The standard InChI is InChI=1S/C11H12ClF3N2OS/c12-8-5-7(10(16)19)1-2-9(8)17-3-4-18-6-11(13,14)15/h1-2,5,17H,3-4,6H2,(H2,16,19). The molecule has 0 aliphatic heterocycles. The van der Waals surface area contributed by atoms with Crippen molar-refractivity contribution in [3.05, 3.63) is 28.8 Å². The van der Waals surface area contributed by atoms with Crippen molar-refractivity contribution in [3.63, 3.8) is 0 Å². The van der Waals surface area contributed by atoms with Gasteiger partial charge in [0.15, 0.2) is 0 Å². The lowest BCUT2D eigenvalue weighted by Crippen LogP contribution is -2.20. The minimum atomic E-state index is -4.31. The van der Waals surface area contributed by atoms with Gasteiger partial charge in [0.1, 0.15) is 11.6 Å². The summed E-state index contributed by atoms with van der Waals surface area (Å²) in [5.74, 6) is 0. The molecule has 0 fully saturated rings. The highest BCUT2D eigenvalue weighted by Crippen LogP contribution is 2.22. The lowest BCUT2D eigenvalue weighted by Gasteiger charge is -2.11. The molecule has 0 spiro atoms. The fourth-order valence-electron chi connectivity index (χ4n) is 1.26. The third-order valence-electron chi connectivity index (χ3n) is 2.08. The molecule has 0 atom stereocenters. The lowest BCUT2D eigenvalue weighted by molar-refractivity contribution is -0.172. The summed E-state index contributed by atoms with van der Waals surface area (Å²) >= 11 is 10.8. The van der Waals surface area contributed by atoms with Crippen molar-refractivity contribution in [2.75, 3.05) is 25.1 Å². The van der Waals surface area contributed by atoms with Gasteiger partial charge in [-0.1, -0.05) is 23.8 Å². The number of anilines is 1. The van der Waals surface area contributed by atoms with E-state index in [9.17, 15) is 13.2 Å². The Kier molecular flexibility index (Phi) is 5.84. The van der Waals surface area contributed by atoms with E-state index in [4.69, 9.17) is 29.6 Å². The second-order valence-electron chi connectivity index (χ2n) is 3.65. The summed E-state index contributed by atoms with van der Waals surface area (Å²) in [6.07, 6.45) is -4.31. The Hall–Kier alpha value is -1.05. The molecule has 0 saturated heterocycles. The highest BCUT2D eigenvalue weighted by atomic mass is 35.5. The number of ether oxygens (including phenoxy) is 1. The fraction of sp³-hybridized carbons (Fsp3) is 0.364. The highest BCUT2D eigenvalue weighted by Gasteiger charge is 2.27. The van der Waals surface area contributed by atoms with E-state index in [2.05, 4.69) is 10.1 Å². The monoisotopic (exact) mass is 312 g/mol. The van der Waals surface area contributed by atoms with E-state index in [1.165, 1.54) is 0 Å². The van der Waals surface area contributed by atoms with Crippen LogP contribution < -0.4 is 11.1 Å². The summed E-state index contributed by atoms with van der Waals surface area (Å²) in [6.45, 7) is -1.13. The van der Waals surface area contributed by atoms with Gasteiger partial charge in [0.25, 0.3) is 0 Å². The Morgan fingerprint density at radius 2 is 2.11 bits per heavy atom. The molecule has 1 aromatic carbocycles. The van der Waals surface area contributed by atoms with Crippen LogP contribution in [0.5, 0.6) is 0 Å². The Bertz CT molecular complexity index is 454. The number of alkyl halides is 3. The Labute approximate surface area is 118 Å². The molecule has 0 aromatic heterocycles. The third-order valence-corrected chi connectivity index (χ3v) is 2.63. The molecule has 3 nitrogen and oxygen atoms in total. The van der Waals surface area contributed by atoms with E-state index in [1.54, 1.807) is 18.2 Å². The first-order valence-corrected chi connectivity index (χ1v) is 6.06. The quantitative estimate of drug-likeness (QED) is 0.626. The van der Waals surface area contributed by atoms with Crippen LogP contribution >= 0.6 is 23.8 Å². The van der Waals surface area contributed by atoms with Gasteiger partial charge in [-0.25, -0.2) is 0 Å². The van der Waals surface area contributed by atoms with Gasteiger partial charge in [-0.2, -0.15) is 13.2 Å². The predicted octanol–water partition coefficient (Wildman–Crippen LogP) is 2.97. The molecule has 1 aromatic rings. The Morgan fingerprint density at radius 1 is 1.42 bits per heavy atom. The number of rotatable bonds is 6. The maximum absolute atomic E-state index is 11.8. The van der Waals surface area contributed by atoms with E-state index in [-0.39, 0.29) is 18.1 Å². The summed E-state index contributed by atoms with van der Waals surface area (Å²) < 4.78 is 39.8. The van der Waals surface area contributed by atoms with Gasteiger partial charge < -0.3 is 15.8 Å². The second kappa shape index (κ2) is 6.93. The zero-order valence-corrected chi connectivity index (χ0v) is 11.3. The van der Waals surface area contributed by atoms with Crippen LogP contribution in [0, 0.1) is 0 Å². The largest absolute Gasteiger partial charge is 0.411 e. The number of benzene rings is 1. The molecule has 19 heavy (non-hydrogen) atoms. The maximum atomic E-state index is 11.8. The van der Waals surface area contributed by atoms with Crippen LogP contribution in [0.15, 0.2) is 18.2 Å². The van der Waals surface area contributed by atoms with Gasteiger partial charge in [0, 0.05) is 12.1 Å². The molecule has 1 rings (SSSR count). The van der Waals surface area contributed by atoms with Gasteiger partial charge in [0.05, 0.1) is 17.3 Å². The van der Waals surface area contributed by atoms with Crippen molar-refractivity contribution in [1.82, 2.24) is 0 Å². The first-order valence-electron chi connectivity index (χ1n) is 5.27. The molecule has 0 saturated carbocycles. The van der Waals surface area contributed by atoms with Crippen molar-refractivity contribution >= 4 is 34.5 Å². The second-order valence-corrected chi connectivity index (χ2v) is 4.50. The zero-order valence-electron chi connectivity index (χ0n) is 9.76. The number of hydrogen-bond donors (Lipinski definition) is 2. The molecule has 8 heteroatoms. The molecule has 0 radical (unpaired) electrons. The lowest BCUT2D eigenvalue weighted by atomic mass is 10.2. The number of nitrogens with two attached hydrogens (primary N) is 1. The predicted molar refractivity (Wildman–Crippen MR) is 72.7 cm³/mol. The number of nitrogens with one attached hydrogen (secondary N) is 1. The molecule has 3 N–H and O–H groups in total. The van der Waals surface area contributed by atoms with Crippen LogP contribution in [0.3, 0.4) is 0 Å². The smallest absolute Gasteiger partial charge is 0.389 e. The Morgan fingerprint density at radius 3 is 2.63 bits per heavy atom. The van der Waals surface area contributed by atoms with Crippen molar-refractivity contribution in [2.24, 2.45) is 5.73 Å². The highest BCUT2D eigenvalue weighted by molar-refractivity contribution is 7.80. The van der Waals surface area contributed by atoms with Gasteiger partial charge in [-0.15, -0.1) is 0 Å². The fourth-order valence-corrected chi connectivity index (χ4v) is 1.63. The molecule has 0 aliphatic carbocycles. The van der Waals surface area contributed by atoms with Crippen LogP contribution in [0.4, 0.5) is 18.9 Å². The molecule has 0 amide bonds. The summed E-state index contributed by atoms with van der Waals surface area (Å²) in [4.78, 5) is 0.224. The van der Waals surface area contributed by atoms with Gasteiger partial charge >= 0.3 is 6.18 Å². The SMILES string of the molecule is NC(=S)c1ccc(NCCOCC(F)(F)F)c(Cl)c1. The summed E-state index contributed by atoms with van der Waals surface area (Å²) in [6, 6.07) is 4.91. The molecule has 0 aliphatic rings. The van der Waals surface area contributed by atoms with Crippen molar-refractivity contribution < 1.29 is 17.9 Å². The van der Waals surface area contributed by atoms with Crippen molar-refractivity contribution in [3.8, 4) is 0 Å². The van der Waals surface area contributed by atoms with E-state index in [0.717, 1.165) is 0 Å². The van der Waals surface area contributed by atoms with Crippen LogP contribution in [0.2, 0.25) is 5.02 Å². The minimum Gasteiger partial charge on any atom is -0.389 e. The summed E-state index contributed by atoms with van der Waals surface area (Å²) in [5.41, 5.74) is 6.64. The normalized spacial score (nSPS) is 11.4. The Balaban J connectivity index is 2.40. The van der Waals surface area contributed by atoms with E-state index in [0.29, 0.717) is 16.3 Å². The van der Waals surface area contributed by atoms with Gasteiger partial charge in [-0.05, 0) is 18.2 Å². The van der Waals surface area contributed by atoms with Gasteiger partial charge in [0.2, 0.25) is 0 Å². The molecule has 0 heterocycles. The molecule has 106 valence electrons. The van der Waals surface area contributed by atoms with Crippen LogP contribution in [0.1, 0.15) is 5.56 Å². The molecule has 0 unspecified atom stereocenters. The van der Waals surface area contributed by atoms with Crippen LogP contribution in [-0.4, -0.2) is 30.9 Å².